The molecule has 0 radical (unpaired) electrons. The zero-order chi connectivity index (χ0) is 14.7. The standard InChI is InChI=1S/C16H17ClFNO/c1-10-8-11(17)4-6-13(10)16(19-2)14-9-12(18)5-7-15(14)20-3/h4-9,16,19H,1-3H3. The van der Waals surface area contributed by atoms with Gasteiger partial charge in [0.25, 0.3) is 0 Å². The molecule has 2 aromatic carbocycles. The Morgan fingerprint density at radius 1 is 1.15 bits per heavy atom. The Kier molecular flexibility index (Phi) is 4.63. The number of ether oxygens (including phenoxy) is 1. The van der Waals surface area contributed by atoms with Crippen molar-refractivity contribution in [1.82, 2.24) is 5.32 Å². The average molecular weight is 294 g/mol. The molecule has 0 aliphatic heterocycles. The number of methoxy groups -OCH3 is 1. The van der Waals surface area contributed by atoms with Gasteiger partial charge in [0.15, 0.2) is 0 Å². The maximum absolute atomic E-state index is 13.6. The molecule has 0 saturated carbocycles. The van der Waals surface area contributed by atoms with Crippen molar-refractivity contribution < 1.29 is 9.13 Å². The van der Waals surface area contributed by atoms with Crippen LogP contribution in [0.15, 0.2) is 36.4 Å². The minimum Gasteiger partial charge on any atom is -0.496 e. The fourth-order valence-corrected chi connectivity index (χ4v) is 2.60. The second-order valence-electron chi connectivity index (χ2n) is 4.61. The Balaban J connectivity index is 2.54. The van der Waals surface area contributed by atoms with Crippen molar-refractivity contribution in [2.45, 2.75) is 13.0 Å². The van der Waals surface area contributed by atoms with Crippen LogP contribution in [0.3, 0.4) is 0 Å². The molecule has 1 atom stereocenters. The molecule has 4 heteroatoms. The van der Waals surface area contributed by atoms with Crippen LogP contribution in [0.25, 0.3) is 0 Å². The molecular weight excluding hydrogens is 277 g/mol. The third kappa shape index (κ3) is 2.94. The second-order valence-corrected chi connectivity index (χ2v) is 5.05. The van der Waals surface area contributed by atoms with Crippen molar-refractivity contribution in [1.29, 1.82) is 0 Å². The molecule has 0 heterocycles. The van der Waals surface area contributed by atoms with E-state index in [0.29, 0.717) is 10.8 Å². The monoisotopic (exact) mass is 293 g/mol. The summed E-state index contributed by atoms with van der Waals surface area (Å²) in [6, 6.07) is 10.0. The van der Waals surface area contributed by atoms with Crippen molar-refractivity contribution in [2.24, 2.45) is 0 Å². The molecule has 20 heavy (non-hydrogen) atoms. The van der Waals surface area contributed by atoms with Crippen LogP contribution in [0.4, 0.5) is 4.39 Å². The highest BCUT2D eigenvalue weighted by atomic mass is 35.5. The van der Waals surface area contributed by atoms with Gasteiger partial charge in [-0.2, -0.15) is 0 Å². The minimum atomic E-state index is -0.285. The number of hydrogen-bond donors (Lipinski definition) is 1. The first-order valence-electron chi connectivity index (χ1n) is 6.33. The molecule has 106 valence electrons. The summed E-state index contributed by atoms with van der Waals surface area (Å²) in [5.74, 6) is 0.368. The second kappa shape index (κ2) is 6.25. The number of aryl methyl sites for hydroxylation is 1. The van der Waals surface area contributed by atoms with Crippen molar-refractivity contribution in [2.75, 3.05) is 14.2 Å². The lowest BCUT2D eigenvalue weighted by molar-refractivity contribution is 0.404. The maximum Gasteiger partial charge on any atom is 0.124 e. The summed E-state index contributed by atoms with van der Waals surface area (Å²) in [5.41, 5.74) is 2.85. The van der Waals surface area contributed by atoms with Crippen LogP contribution in [0, 0.1) is 12.7 Å². The Morgan fingerprint density at radius 2 is 1.90 bits per heavy atom. The predicted octanol–water partition coefficient (Wildman–Crippen LogP) is 4.10. The Morgan fingerprint density at radius 3 is 2.50 bits per heavy atom. The molecule has 0 amide bonds. The predicted molar refractivity (Wildman–Crippen MR) is 80.0 cm³/mol. The van der Waals surface area contributed by atoms with Crippen molar-refractivity contribution in [3.8, 4) is 5.75 Å². The van der Waals surface area contributed by atoms with Gasteiger partial charge in [-0.3, -0.25) is 0 Å². The quantitative estimate of drug-likeness (QED) is 0.916. The van der Waals surface area contributed by atoms with Gasteiger partial charge in [0.05, 0.1) is 13.2 Å². The summed E-state index contributed by atoms with van der Waals surface area (Å²) in [7, 11) is 3.42. The fourth-order valence-electron chi connectivity index (χ4n) is 2.37. The molecule has 2 nitrogen and oxygen atoms in total. The molecule has 1 N–H and O–H groups in total. The third-order valence-electron chi connectivity index (χ3n) is 3.33. The summed E-state index contributed by atoms with van der Waals surface area (Å²) in [6.45, 7) is 1.98. The summed E-state index contributed by atoms with van der Waals surface area (Å²) in [6.07, 6.45) is 0. The first-order valence-corrected chi connectivity index (χ1v) is 6.71. The first kappa shape index (κ1) is 14.8. The number of nitrogens with one attached hydrogen (secondary N) is 1. The molecular formula is C16H17ClFNO. The SMILES string of the molecule is CNC(c1ccc(Cl)cc1C)c1cc(F)ccc1OC. The van der Waals surface area contributed by atoms with Crippen molar-refractivity contribution in [3.63, 3.8) is 0 Å². The molecule has 1 unspecified atom stereocenters. The molecule has 0 saturated heterocycles. The molecule has 2 rings (SSSR count). The topological polar surface area (TPSA) is 21.3 Å². The van der Waals surface area contributed by atoms with E-state index in [2.05, 4.69) is 5.32 Å². The largest absolute Gasteiger partial charge is 0.496 e. The van der Waals surface area contributed by atoms with Gasteiger partial charge in [0.2, 0.25) is 0 Å². The maximum atomic E-state index is 13.6. The Bertz CT molecular complexity index is 615. The summed E-state index contributed by atoms with van der Waals surface area (Å²) in [4.78, 5) is 0. The van der Waals surface area contributed by atoms with E-state index in [9.17, 15) is 4.39 Å². The zero-order valence-electron chi connectivity index (χ0n) is 11.7. The molecule has 0 fully saturated rings. The molecule has 0 aliphatic rings. The van der Waals surface area contributed by atoms with E-state index in [1.165, 1.54) is 12.1 Å². The van der Waals surface area contributed by atoms with Gasteiger partial charge in [-0.15, -0.1) is 0 Å². The van der Waals surface area contributed by atoms with Crippen LogP contribution in [0.5, 0.6) is 5.75 Å². The van der Waals surface area contributed by atoms with Crippen LogP contribution < -0.4 is 10.1 Å². The first-order chi connectivity index (χ1) is 9.56. The third-order valence-corrected chi connectivity index (χ3v) is 3.57. The number of rotatable bonds is 4. The van der Waals surface area contributed by atoms with E-state index in [4.69, 9.17) is 16.3 Å². The zero-order valence-corrected chi connectivity index (χ0v) is 12.5. The van der Waals surface area contributed by atoms with Gasteiger partial charge in [0, 0.05) is 10.6 Å². The Hall–Kier alpha value is -1.58. The molecule has 0 aliphatic carbocycles. The number of benzene rings is 2. The minimum absolute atomic E-state index is 0.155. The molecule has 0 aromatic heterocycles. The fraction of sp³-hybridized carbons (Fsp3) is 0.250. The van der Waals surface area contributed by atoms with Gasteiger partial charge in [0.1, 0.15) is 11.6 Å². The van der Waals surface area contributed by atoms with E-state index in [-0.39, 0.29) is 11.9 Å². The summed E-state index contributed by atoms with van der Waals surface area (Å²) >= 11 is 5.99. The molecule has 0 spiro atoms. The molecule has 0 bridgehead atoms. The van der Waals surface area contributed by atoms with Crippen LogP contribution >= 0.6 is 11.6 Å². The highest BCUT2D eigenvalue weighted by Crippen LogP contribution is 2.32. The van der Waals surface area contributed by atoms with Gasteiger partial charge < -0.3 is 10.1 Å². The van der Waals surface area contributed by atoms with E-state index >= 15 is 0 Å². The highest BCUT2D eigenvalue weighted by Gasteiger charge is 2.19. The lowest BCUT2D eigenvalue weighted by Crippen LogP contribution is -2.19. The van der Waals surface area contributed by atoms with Gasteiger partial charge in [-0.25, -0.2) is 4.39 Å². The van der Waals surface area contributed by atoms with E-state index < -0.39 is 0 Å². The van der Waals surface area contributed by atoms with E-state index in [1.807, 2.05) is 32.2 Å². The van der Waals surface area contributed by atoms with Gasteiger partial charge in [-0.1, -0.05) is 17.7 Å². The summed E-state index contributed by atoms with van der Waals surface area (Å²) in [5, 5.41) is 3.89. The Labute approximate surface area is 123 Å². The lowest BCUT2D eigenvalue weighted by Gasteiger charge is -2.22. The van der Waals surface area contributed by atoms with Crippen molar-refractivity contribution in [3.05, 3.63) is 63.9 Å². The van der Waals surface area contributed by atoms with Crippen LogP contribution in [0.2, 0.25) is 5.02 Å². The van der Waals surface area contributed by atoms with E-state index in [1.54, 1.807) is 13.2 Å². The normalized spacial score (nSPS) is 12.2. The smallest absolute Gasteiger partial charge is 0.124 e. The van der Waals surface area contributed by atoms with Crippen LogP contribution in [0.1, 0.15) is 22.7 Å². The number of hydrogen-bond acceptors (Lipinski definition) is 2. The average Bonchev–Trinajstić information content (AvgIpc) is 2.42. The van der Waals surface area contributed by atoms with Crippen LogP contribution in [-0.4, -0.2) is 14.2 Å². The van der Waals surface area contributed by atoms with Crippen LogP contribution in [-0.2, 0) is 0 Å². The summed E-state index contributed by atoms with van der Waals surface area (Å²) < 4.78 is 18.9. The molecule has 2 aromatic rings. The van der Waals surface area contributed by atoms with E-state index in [0.717, 1.165) is 16.7 Å². The lowest BCUT2D eigenvalue weighted by atomic mass is 9.94. The van der Waals surface area contributed by atoms with Gasteiger partial charge in [-0.05, 0) is 55.4 Å². The number of halogens is 2. The highest BCUT2D eigenvalue weighted by molar-refractivity contribution is 6.30. The van der Waals surface area contributed by atoms with Crippen molar-refractivity contribution >= 4 is 11.6 Å². The van der Waals surface area contributed by atoms with Gasteiger partial charge >= 0.3 is 0 Å².